The highest BCUT2D eigenvalue weighted by Crippen LogP contribution is 2.28. The number of hydrogen-bond acceptors (Lipinski definition) is 3. The van der Waals surface area contributed by atoms with Gasteiger partial charge in [-0.2, -0.15) is 0 Å². The van der Waals surface area contributed by atoms with Crippen LogP contribution < -0.4 is 4.74 Å². The van der Waals surface area contributed by atoms with Crippen LogP contribution in [0.5, 0.6) is 5.75 Å². The van der Waals surface area contributed by atoms with E-state index in [9.17, 15) is 14.1 Å². The summed E-state index contributed by atoms with van der Waals surface area (Å²) in [5.74, 6) is -0.140. The lowest BCUT2D eigenvalue weighted by atomic mass is 9.85. The van der Waals surface area contributed by atoms with Gasteiger partial charge in [0.15, 0.2) is 0 Å². The molecule has 0 fully saturated rings. The van der Waals surface area contributed by atoms with E-state index < -0.39 is 22.4 Å². The van der Waals surface area contributed by atoms with Crippen LogP contribution in [0, 0.1) is 12.3 Å². The molecule has 1 aliphatic heterocycles. The first-order valence-corrected chi connectivity index (χ1v) is 10.1. The molecule has 0 radical (unpaired) electrons. The second-order valence-electron chi connectivity index (χ2n) is 7.53. The normalized spacial score (nSPS) is 17.7. The minimum atomic E-state index is -1.30. The number of ether oxygens (including phenoxy) is 1. The summed E-state index contributed by atoms with van der Waals surface area (Å²) in [7, 11) is -1.30. The zero-order chi connectivity index (χ0) is 19.6. The number of fused-ring (bicyclic) bond motifs is 1. The van der Waals surface area contributed by atoms with Gasteiger partial charge in [0.2, 0.25) is 0 Å². The molecule has 144 valence electrons. The van der Waals surface area contributed by atoms with Crippen LogP contribution in [-0.2, 0) is 28.7 Å². The van der Waals surface area contributed by atoms with Crippen LogP contribution in [-0.4, -0.2) is 32.7 Å². The Balaban J connectivity index is 1.84. The van der Waals surface area contributed by atoms with Crippen LogP contribution in [0.3, 0.4) is 0 Å². The summed E-state index contributed by atoms with van der Waals surface area (Å²) >= 11 is 0. The summed E-state index contributed by atoms with van der Waals surface area (Å²) in [4.78, 5) is 12.1. The van der Waals surface area contributed by atoms with Crippen molar-refractivity contribution in [1.82, 2.24) is 4.31 Å². The predicted octanol–water partition coefficient (Wildman–Crippen LogP) is 3.57. The van der Waals surface area contributed by atoms with Crippen LogP contribution in [0.1, 0.15) is 30.5 Å². The maximum atomic E-state index is 13.0. The Kier molecular flexibility index (Phi) is 5.67. The van der Waals surface area contributed by atoms with Gasteiger partial charge in [0.1, 0.15) is 23.3 Å². The average Bonchev–Trinajstić information content (AvgIpc) is 2.77. The van der Waals surface area contributed by atoms with E-state index in [2.05, 4.69) is 0 Å². The molecule has 0 spiro atoms. The molecule has 1 heterocycles. The summed E-state index contributed by atoms with van der Waals surface area (Å²) < 4.78 is 20.7. The van der Waals surface area contributed by atoms with Crippen LogP contribution >= 0.6 is 0 Å². The molecule has 0 amide bonds. The molecule has 0 aliphatic carbocycles. The number of benzene rings is 2. The molecule has 1 aliphatic rings. The lowest BCUT2D eigenvalue weighted by Crippen LogP contribution is -2.28. The Morgan fingerprint density at radius 3 is 2.74 bits per heavy atom. The third-order valence-corrected chi connectivity index (χ3v) is 6.35. The standard InChI is InChI=1S/C21H25NO4S/c1-15-8-9-16(13-21(2,3)20(23)24)12-17(15)14-22-10-11-26-18-6-4-5-7-19(18)27(22)25/h4-9,12H,10-11,13-14H2,1-3H3,(H,23,24). The molecule has 27 heavy (non-hydrogen) atoms. The molecule has 0 saturated carbocycles. The van der Waals surface area contributed by atoms with E-state index in [1.807, 2.05) is 53.7 Å². The maximum Gasteiger partial charge on any atom is 0.309 e. The van der Waals surface area contributed by atoms with Crippen molar-refractivity contribution in [3.05, 3.63) is 59.2 Å². The first-order chi connectivity index (χ1) is 12.8. The molecule has 0 bridgehead atoms. The van der Waals surface area contributed by atoms with Crippen LogP contribution in [0.25, 0.3) is 0 Å². The lowest BCUT2D eigenvalue weighted by Gasteiger charge is -2.22. The van der Waals surface area contributed by atoms with Crippen LogP contribution in [0.15, 0.2) is 47.4 Å². The van der Waals surface area contributed by atoms with E-state index in [1.165, 1.54) is 0 Å². The highest BCUT2D eigenvalue weighted by molar-refractivity contribution is 7.82. The summed E-state index contributed by atoms with van der Waals surface area (Å²) in [6.45, 7) is 7.04. The molecule has 1 unspecified atom stereocenters. The second kappa shape index (κ2) is 7.82. The smallest absolute Gasteiger partial charge is 0.309 e. The van der Waals surface area contributed by atoms with Gasteiger partial charge in [0.25, 0.3) is 0 Å². The molecule has 0 saturated heterocycles. The van der Waals surface area contributed by atoms with Crippen molar-refractivity contribution in [2.24, 2.45) is 5.41 Å². The molecule has 2 aromatic rings. The van der Waals surface area contributed by atoms with E-state index in [1.54, 1.807) is 13.8 Å². The molecule has 5 nitrogen and oxygen atoms in total. The van der Waals surface area contributed by atoms with Gasteiger partial charge < -0.3 is 9.84 Å². The molecular formula is C21H25NO4S. The van der Waals surface area contributed by atoms with E-state index in [4.69, 9.17) is 4.74 Å². The topological polar surface area (TPSA) is 66.8 Å². The zero-order valence-corrected chi connectivity index (χ0v) is 16.7. The second-order valence-corrected chi connectivity index (χ2v) is 8.99. The zero-order valence-electron chi connectivity index (χ0n) is 15.9. The fourth-order valence-corrected chi connectivity index (χ4v) is 4.38. The minimum Gasteiger partial charge on any atom is -0.491 e. The molecule has 1 N–H and O–H groups in total. The minimum absolute atomic E-state index is 0.449. The molecule has 3 rings (SSSR count). The fraction of sp³-hybridized carbons (Fsp3) is 0.381. The number of carboxylic acid groups (broad SMARTS) is 1. The van der Waals surface area contributed by atoms with E-state index >= 15 is 0 Å². The highest BCUT2D eigenvalue weighted by Gasteiger charge is 2.28. The molecule has 2 aromatic carbocycles. The Bertz CT molecular complexity index is 878. The quantitative estimate of drug-likeness (QED) is 0.852. The Morgan fingerprint density at radius 2 is 2.00 bits per heavy atom. The van der Waals surface area contributed by atoms with Crippen molar-refractivity contribution in [1.29, 1.82) is 0 Å². The Hall–Kier alpha value is -2.18. The summed E-state index contributed by atoms with van der Waals surface area (Å²) in [5, 5.41) is 9.38. The van der Waals surface area contributed by atoms with Crippen molar-refractivity contribution < 1.29 is 18.8 Å². The molecular weight excluding hydrogens is 362 g/mol. The Morgan fingerprint density at radius 1 is 1.26 bits per heavy atom. The number of aryl methyl sites for hydroxylation is 1. The van der Waals surface area contributed by atoms with Crippen molar-refractivity contribution in [3.8, 4) is 5.75 Å². The SMILES string of the molecule is Cc1ccc(CC(C)(C)C(=O)O)cc1CN1CCOc2ccccc2S1=O. The van der Waals surface area contributed by atoms with Gasteiger partial charge in [-0.3, -0.25) is 4.79 Å². The summed E-state index contributed by atoms with van der Waals surface area (Å²) in [6.07, 6.45) is 0.449. The van der Waals surface area contributed by atoms with Crippen LogP contribution in [0.4, 0.5) is 0 Å². The number of rotatable bonds is 5. The summed E-state index contributed by atoms with van der Waals surface area (Å²) in [5.41, 5.74) is 2.30. The maximum absolute atomic E-state index is 13.0. The largest absolute Gasteiger partial charge is 0.491 e. The Labute approximate surface area is 162 Å². The summed E-state index contributed by atoms with van der Waals surface area (Å²) in [6, 6.07) is 13.4. The van der Waals surface area contributed by atoms with E-state index in [-0.39, 0.29) is 0 Å². The van der Waals surface area contributed by atoms with Crippen molar-refractivity contribution in [3.63, 3.8) is 0 Å². The molecule has 6 heteroatoms. The van der Waals surface area contributed by atoms with Gasteiger partial charge in [0, 0.05) is 13.1 Å². The number of carboxylic acids is 1. The monoisotopic (exact) mass is 387 g/mol. The van der Waals surface area contributed by atoms with E-state index in [0.717, 1.165) is 16.7 Å². The van der Waals surface area contributed by atoms with Gasteiger partial charge >= 0.3 is 5.97 Å². The van der Waals surface area contributed by atoms with Crippen molar-refractivity contribution in [2.75, 3.05) is 13.2 Å². The predicted molar refractivity (Wildman–Crippen MR) is 105 cm³/mol. The third kappa shape index (κ3) is 4.39. The highest BCUT2D eigenvalue weighted by atomic mass is 32.2. The number of hydrogen-bond donors (Lipinski definition) is 1. The van der Waals surface area contributed by atoms with Gasteiger partial charge in [-0.1, -0.05) is 30.3 Å². The van der Waals surface area contributed by atoms with Crippen molar-refractivity contribution >= 4 is 17.0 Å². The van der Waals surface area contributed by atoms with E-state index in [0.29, 0.717) is 36.8 Å². The van der Waals surface area contributed by atoms with Crippen molar-refractivity contribution in [2.45, 2.75) is 38.6 Å². The molecule has 1 atom stereocenters. The van der Waals surface area contributed by atoms with Gasteiger partial charge in [-0.15, -0.1) is 0 Å². The first kappa shape index (κ1) is 19.6. The number of nitrogens with zero attached hydrogens (tertiary/aromatic N) is 1. The van der Waals surface area contributed by atoms with Crippen LogP contribution in [0.2, 0.25) is 0 Å². The van der Waals surface area contributed by atoms with Gasteiger partial charge in [0.05, 0.1) is 10.3 Å². The number of aliphatic carboxylic acids is 1. The average molecular weight is 388 g/mol. The molecule has 0 aromatic heterocycles. The van der Waals surface area contributed by atoms with Gasteiger partial charge in [-0.25, -0.2) is 8.51 Å². The first-order valence-electron chi connectivity index (χ1n) is 8.98. The van der Waals surface area contributed by atoms with Gasteiger partial charge in [-0.05, 0) is 56.0 Å². The lowest BCUT2D eigenvalue weighted by molar-refractivity contribution is -0.146. The third-order valence-electron chi connectivity index (χ3n) is 4.86. The number of para-hydroxylation sites is 1. The fourth-order valence-electron chi connectivity index (χ4n) is 3.11. The number of carbonyl (C=O) groups is 1.